The van der Waals surface area contributed by atoms with Gasteiger partial charge >= 0.3 is 0 Å². The SMILES string of the molecule is C[C@@H](C(=O)NC(C)(C)C)[NH+]1CCN(S(=O)(=O)c2ccc(Cl)cc2)CC1. The zero-order valence-corrected chi connectivity index (χ0v) is 16.7. The van der Waals surface area contributed by atoms with Crippen LogP contribution in [-0.2, 0) is 14.8 Å². The third-order valence-corrected chi connectivity index (χ3v) is 6.48. The molecule has 1 saturated heterocycles. The Bertz CT molecular complexity index is 706. The number of halogens is 1. The van der Waals surface area contributed by atoms with Gasteiger partial charge in [0.15, 0.2) is 6.04 Å². The Balaban J connectivity index is 1.99. The highest BCUT2D eigenvalue weighted by Gasteiger charge is 2.35. The van der Waals surface area contributed by atoms with Crippen molar-refractivity contribution in [1.29, 1.82) is 0 Å². The second-order valence-electron chi connectivity index (χ2n) is 7.48. The van der Waals surface area contributed by atoms with Crippen molar-refractivity contribution in [2.24, 2.45) is 0 Å². The fourth-order valence-electron chi connectivity index (χ4n) is 2.87. The molecule has 0 bridgehead atoms. The number of nitrogens with one attached hydrogen (secondary N) is 2. The second kappa shape index (κ2) is 7.61. The lowest BCUT2D eigenvalue weighted by Crippen LogP contribution is -3.19. The minimum absolute atomic E-state index is 0.00323. The van der Waals surface area contributed by atoms with E-state index in [-0.39, 0.29) is 22.4 Å². The monoisotopic (exact) mass is 388 g/mol. The summed E-state index contributed by atoms with van der Waals surface area (Å²) in [5.41, 5.74) is -0.273. The number of amides is 1. The summed E-state index contributed by atoms with van der Waals surface area (Å²) in [5, 5.41) is 3.49. The van der Waals surface area contributed by atoms with Gasteiger partial charge in [-0.05, 0) is 52.0 Å². The molecule has 2 rings (SSSR count). The minimum atomic E-state index is -3.52. The Morgan fingerprint density at radius 3 is 2.20 bits per heavy atom. The van der Waals surface area contributed by atoms with Gasteiger partial charge in [-0.3, -0.25) is 4.79 Å². The van der Waals surface area contributed by atoms with E-state index in [0.717, 1.165) is 4.90 Å². The molecular weight excluding hydrogens is 362 g/mol. The third kappa shape index (κ3) is 5.17. The first-order valence-corrected chi connectivity index (χ1v) is 10.2. The van der Waals surface area contributed by atoms with E-state index in [9.17, 15) is 13.2 Å². The number of nitrogens with zero attached hydrogens (tertiary/aromatic N) is 1. The van der Waals surface area contributed by atoms with Crippen molar-refractivity contribution in [2.45, 2.75) is 44.2 Å². The summed E-state index contributed by atoms with van der Waals surface area (Å²) in [7, 11) is -3.52. The molecule has 1 fully saturated rings. The Hall–Kier alpha value is -1.15. The highest BCUT2D eigenvalue weighted by Crippen LogP contribution is 2.18. The second-order valence-corrected chi connectivity index (χ2v) is 9.85. The van der Waals surface area contributed by atoms with Crippen molar-refractivity contribution in [3.05, 3.63) is 29.3 Å². The van der Waals surface area contributed by atoms with Crippen LogP contribution in [0.3, 0.4) is 0 Å². The Labute approximate surface area is 155 Å². The van der Waals surface area contributed by atoms with E-state index in [1.165, 1.54) is 16.4 Å². The van der Waals surface area contributed by atoms with E-state index in [1.54, 1.807) is 12.1 Å². The van der Waals surface area contributed by atoms with Crippen molar-refractivity contribution >= 4 is 27.5 Å². The van der Waals surface area contributed by atoms with Gasteiger partial charge in [0.25, 0.3) is 5.91 Å². The summed E-state index contributed by atoms with van der Waals surface area (Å²) in [4.78, 5) is 13.7. The topological polar surface area (TPSA) is 70.9 Å². The van der Waals surface area contributed by atoms with Gasteiger partial charge in [0, 0.05) is 10.6 Å². The zero-order chi connectivity index (χ0) is 18.8. The summed E-state index contributed by atoms with van der Waals surface area (Å²) in [6, 6.07) is 6.00. The van der Waals surface area contributed by atoms with Gasteiger partial charge in [0.1, 0.15) is 0 Å². The van der Waals surface area contributed by atoms with Crippen LogP contribution in [0.1, 0.15) is 27.7 Å². The smallest absolute Gasteiger partial charge is 0.278 e. The Kier molecular flexibility index (Phi) is 6.14. The predicted octanol–water partition coefficient (Wildman–Crippen LogP) is 0.532. The first kappa shape index (κ1) is 20.2. The summed E-state index contributed by atoms with van der Waals surface area (Å²) >= 11 is 5.83. The summed E-state index contributed by atoms with van der Waals surface area (Å²) in [5.74, 6) is -0.00323. The van der Waals surface area contributed by atoms with Crippen molar-refractivity contribution < 1.29 is 18.1 Å². The van der Waals surface area contributed by atoms with E-state index in [0.29, 0.717) is 31.2 Å². The molecular formula is C17H27ClN3O3S+. The van der Waals surface area contributed by atoms with Gasteiger partial charge in [-0.2, -0.15) is 4.31 Å². The van der Waals surface area contributed by atoms with Crippen LogP contribution in [0.25, 0.3) is 0 Å². The van der Waals surface area contributed by atoms with Crippen molar-refractivity contribution in [3.8, 4) is 0 Å². The molecule has 8 heteroatoms. The molecule has 1 atom stereocenters. The van der Waals surface area contributed by atoms with Crippen molar-refractivity contribution in [3.63, 3.8) is 0 Å². The molecule has 0 aromatic heterocycles. The highest BCUT2D eigenvalue weighted by molar-refractivity contribution is 7.89. The number of quaternary nitrogens is 1. The molecule has 25 heavy (non-hydrogen) atoms. The number of rotatable bonds is 4. The van der Waals surface area contributed by atoms with Gasteiger partial charge in [0.05, 0.1) is 31.1 Å². The van der Waals surface area contributed by atoms with E-state index in [1.807, 2.05) is 27.7 Å². The lowest BCUT2D eigenvalue weighted by atomic mass is 10.1. The maximum atomic E-state index is 12.7. The van der Waals surface area contributed by atoms with Gasteiger partial charge in [-0.1, -0.05) is 11.6 Å². The molecule has 1 amide bonds. The first-order valence-electron chi connectivity index (χ1n) is 8.43. The number of piperazine rings is 1. The van der Waals surface area contributed by atoms with Gasteiger partial charge in [-0.15, -0.1) is 0 Å². The average molecular weight is 389 g/mol. The van der Waals surface area contributed by atoms with E-state index in [4.69, 9.17) is 11.6 Å². The molecule has 1 aromatic rings. The lowest BCUT2D eigenvalue weighted by molar-refractivity contribution is -0.917. The van der Waals surface area contributed by atoms with Crippen LogP contribution in [0, 0.1) is 0 Å². The third-order valence-electron chi connectivity index (χ3n) is 4.32. The first-order chi connectivity index (χ1) is 11.5. The normalized spacial score (nSPS) is 18.8. The van der Waals surface area contributed by atoms with Crippen LogP contribution < -0.4 is 10.2 Å². The van der Waals surface area contributed by atoms with Crippen LogP contribution in [-0.4, -0.2) is 56.4 Å². The van der Waals surface area contributed by atoms with Crippen LogP contribution in [0.2, 0.25) is 5.02 Å². The molecule has 0 radical (unpaired) electrons. The molecule has 0 spiro atoms. The molecule has 140 valence electrons. The summed E-state index contributed by atoms with van der Waals surface area (Å²) in [6.07, 6.45) is 0. The largest absolute Gasteiger partial charge is 0.346 e. The number of hydrogen-bond acceptors (Lipinski definition) is 3. The van der Waals surface area contributed by atoms with Crippen LogP contribution in [0.4, 0.5) is 0 Å². The Morgan fingerprint density at radius 2 is 1.72 bits per heavy atom. The summed E-state index contributed by atoms with van der Waals surface area (Å²) in [6.45, 7) is 9.73. The standard InChI is InChI=1S/C17H26ClN3O3S/c1-13(16(22)19-17(2,3)4)20-9-11-21(12-10-20)25(23,24)15-7-5-14(18)6-8-15/h5-8,13H,9-12H2,1-4H3,(H,19,22)/p+1/t13-/m0/s1. The highest BCUT2D eigenvalue weighted by atomic mass is 35.5. The molecule has 2 N–H and O–H groups in total. The number of carbonyl (C=O) groups excluding carboxylic acids is 1. The molecule has 1 aliphatic heterocycles. The van der Waals surface area contributed by atoms with Gasteiger partial charge in [-0.25, -0.2) is 8.42 Å². The van der Waals surface area contributed by atoms with E-state index >= 15 is 0 Å². The fraction of sp³-hybridized carbons (Fsp3) is 0.588. The predicted molar refractivity (Wildman–Crippen MR) is 98.3 cm³/mol. The molecule has 0 saturated carbocycles. The van der Waals surface area contributed by atoms with Gasteiger partial charge < -0.3 is 10.2 Å². The zero-order valence-electron chi connectivity index (χ0n) is 15.2. The molecule has 0 aliphatic carbocycles. The average Bonchev–Trinajstić information content (AvgIpc) is 2.53. The maximum Gasteiger partial charge on any atom is 0.278 e. The minimum Gasteiger partial charge on any atom is -0.346 e. The maximum absolute atomic E-state index is 12.7. The van der Waals surface area contributed by atoms with Crippen LogP contribution in [0.5, 0.6) is 0 Å². The van der Waals surface area contributed by atoms with Crippen molar-refractivity contribution in [1.82, 2.24) is 9.62 Å². The van der Waals surface area contributed by atoms with E-state index in [2.05, 4.69) is 5.32 Å². The molecule has 1 aliphatic rings. The van der Waals surface area contributed by atoms with Gasteiger partial charge in [0.2, 0.25) is 10.0 Å². The summed E-state index contributed by atoms with van der Waals surface area (Å²) < 4.78 is 26.9. The molecule has 0 unspecified atom stereocenters. The lowest BCUT2D eigenvalue weighted by Gasteiger charge is -2.35. The van der Waals surface area contributed by atoms with Crippen molar-refractivity contribution in [2.75, 3.05) is 26.2 Å². The number of benzene rings is 1. The van der Waals surface area contributed by atoms with Crippen LogP contribution in [0.15, 0.2) is 29.2 Å². The Morgan fingerprint density at radius 1 is 1.20 bits per heavy atom. The molecule has 6 nitrogen and oxygen atoms in total. The number of carbonyl (C=O) groups is 1. The molecule has 1 aromatic carbocycles. The van der Waals surface area contributed by atoms with Crippen LogP contribution >= 0.6 is 11.6 Å². The molecule has 1 heterocycles. The number of sulfonamides is 1. The quantitative estimate of drug-likeness (QED) is 0.790. The number of hydrogen-bond donors (Lipinski definition) is 2. The fourth-order valence-corrected chi connectivity index (χ4v) is 4.43. The van der Waals surface area contributed by atoms with E-state index < -0.39 is 10.0 Å².